The molecule has 1 aromatic carbocycles. The monoisotopic (exact) mass is 257 g/mol. The topological polar surface area (TPSA) is 21.3 Å². The van der Waals surface area contributed by atoms with E-state index in [4.69, 9.17) is 16.3 Å². The summed E-state index contributed by atoms with van der Waals surface area (Å²) >= 11 is 5.60. The van der Waals surface area contributed by atoms with Crippen LogP contribution in [-0.4, -0.2) is 19.7 Å². The highest BCUT2D eigenvalue weighted by atomic mass is 35.5. The minimum absolute atomic E-state index is 0.135. The summed E-state index contributed by atoms with van der Waals surface area (Å²) in [6.07, 6.45) is 3.45. The van der Waals surface area contributed by atoms with Crippen LogP contribution in [-0.2, 0) is 0 Å². The lowest BCUT2D eigenvalue weighted by molar-refractivity contribution is 0.251. The zero-order valence-electron chi connectivity index (χ0n) is 9.72. The van der Waals surface area contributed by atoms with Crippen LogP contribution in [0.5, 0.6) is 5.75 Å². The molecular formula is C13H17ClFNO. The van der Waals surface area contributed by atoms with Gasteiger partial charge in [-0.25, -0.2) is 4.39 Å². The van der Waals surface area contributed by atoms with Gasteiger partial charge in [-0.3, -0.25) is 0 Å². The Morgan fingerprint density at radius 1 is 1.35 bits per heavy atom. The van der Waals surface area contributed by atoms with E-state index in [-0.39, 0.29) is 5.02 Å². The van der Waals surface area contributed by atoms with Crippen molar-refractivity contribution in [3.63, 3.8) is 0 Å². The smallest absolute Gasteiger partial charge is 0.145 e. The number of rotatable bonds is 4. The van der Waals surface area contributed by atoms with Gasteiger partial charge in [0.1, 0.15) is 11.6 Å². The van der Waals surface area contributed by atoms with Crippen molar-refractivity contribution in [3.8, 4) is 5.75 Å². The molecule has 0 atom stereocenters. The van der Waals surface area contributed by atoms with Gasteiger partial charge in [0.2, 0.25) is 0 Å². The zero-order valence-corrected chi connectivity index (χ0v) is 10.5. The fourth-order valence-corrected chi connectivity index (χ4v) is 2.20. The summed E-state index contributed by atoms with van der Waals surface area (Å²) in [5, 5.41) is 3.47. The normalized spacial score (nSPS) is 17.1. The Morgan fingerprint density at radius 3 is 2.82 bits per heavy atom. The van der Waals surface area contributed by atoms with Gasteiger partial charge < -0.3 is 10.1 Å². The van der Waals surface area contributed by atoms with Gasteiger partial charge in [-0.05, 0) is 50.4 Å². The van der Waals surface area contributed by atoms with Gasteiger partial charge in [0, 0.05) is 6.07 Å². The summed E-state index contributed by atoms with van der Waals surface area (Å²) in [6, 6.07) is 4.56. The molecule has 1 aliphatic heterocycles. The van der Waals surface area contributed by atoms with Gasteiger partial charge in [0.25, 0.3) is 0 Å². The van der Waals surface area contributed by atoms with Crippen molar-refractivity contribution in [1.82, 2.24) is 5.32 Å². The Kier molecular flexibility index (Phi) is 4.63. The highest BCUT2D eigenvalue weighted by Gasteiger charge is 2.12. The average Bonchev–Trinajstić information content (AvgIpc) is 2.35. The molecular weight excluding hydrogens is 241 g/mol. The summed E-state index contributed by atoms with van der Waals surface area (Å²) in [7, 11) is 0. The molecule has 0 amide bonds. The molecule has 0 radical (unpaired) electrons. The molecule has 0 aliphatic carbocycles. The van der Waals surface area contributed by atoms with Crippen LogP contribution in [0.3, 0.4) is 0 Å². The SMILES string of the molecule is Fc1cc(OCCC2CCNCC2)ccc1Cl. The second-order valence-electron chi connectivity index (χ2n) is 4.41. The lowest BCUT2D eigenvalue weighted by atomic mass is 9.95. The third kappa shape index (κ3) is 3.86. The van der Waals surface area contributed by atoms with Crippen LogP contribution in [0.1, 0.15) is 19.3 Å². The van der Waals surface area contributed by atoms with Crippen molar-refractivity contribution in [2.45, 2.75) is 19.3 Å². The van der Waals surface area contributed by atoms with Gasteiger partial charge in [-0.1, -0.05) is 11.6 Å². The molecule has 1 heterocycles. The van der Waals surface area contributed by atoms with Gasteiger partial charge in [0.05, 0.1) is 11.6 Å². The van der Waals surface area contributed by atoms with E-state index in [1.807, 2.05) is 0 Å². The lowest BCUT2D eigenvalue weighted by Gasteiger charge is -2.22. The van der Waals surface area contributed by atoms with E-state index in [1.54, 1.807) is 6.07 Å². The Balaban J connectivity index is 1.75. The van der Waals surface area contributed by atoms with Crippen molar-refractivity contribution in [3.05, 3.63) is 29.0 Å². The van der Waals surface area contributed by atoms with Gasteiger partial charge in [-0.2, -0.15) is 0 Å². The highest BCUT2D eigenvalue weighted by molar-refractivity contribution is 6.30. The highest BCUT2D eigenvalue weighted by Crippen LogP contribution is 2.21. The molecule has 1 aromatic rings. The fraction of sp³-hybridized carbons (Fsp3) is 0.538. The lowest BCUT2D eigenvalue weighted by Crippen LogP contribution is -2.28. The van der Waals surface area contributed by atoms with Gasteiger partial charge >= 0.3 is 0 Å². The van der Waals surface area contributed by atoms with Crippen LogP contribution < -0.4 is 10.1 Å². The molecule has 1 saturated heterocycles. The van der Waals surface area contributed by atoms with E-state index in [2.05, 4.69) is 5.32 Å². The molecule has 94 valence electrons. The van der Waals surface area contributed by atoms with E-state index in [1.165, 1.54) is 25.0 Å². The maximum absolute atomic E-state index is 13.1. The van der Waals surface area contributed by atoms with Gasteiger partial charge in [-0.15, -0.1) is 0 Å². The summed E-state index contributed by atoms with van der Waals surface area (Å²) in [4.78, 5) is 0. The Labute approximate surface area is 106 Å². The van der Waals surface area contributed by atoms with Crippen LogP contribution in [0.2, 0.25) is 5.02 Å². The van der Waals surface area contributed by atoms with Crippen molar-refractivity contribution < 1.29 is 9.13 Å². The van der Waals surface area contributed by atoms with E-state index < -0.39 is 5.82 Å². The Hall–Kier alpha value is -0.800. The summed E-state index contributed by atoms with van der Waals surface area (Å²) < 4.78 is 18.7. The van der Waals surface area contributed by atoms with E-state index in [0.29, 0.717) is 12.4 Å². The van der Waals surface area contributed by atoms with E-state index in [0.717, 1.165) is 25.4 Å². The second-order valence-corrected chi connectivity index (χ2v) is 4.81. The molecule has 1 N–H and O–H groups in total. The maximum atomic E-state index is 13.1. The molecule has 1 fully saturated rings. The number of hydrogen-bond acceptors (Lipinski definition) is 2. The average molecular weight is 258 g/mol. The fourth-order valence-electron chi connectivity index (χ4n) is 2.08. The number of piperidine rings is 1. The third-order valence-corrected chi connectivity index (χ3v) is 3.45. The summed E-state index contributed by atoms with van der Waals surface area (Å²) in [6.45, 7) is 2.84. The maximum Gasteiger partial charge on any atom is 0.145 e. The first-order chi connectivity index (χ1) is 8.25. The first-order valence-electron chi connectivity index (χ1n) is 6.04. The third-order valence-electron chi connectivity index (χ3n) is 3.14. The molecule has 0 unspecified atom stereocenters. The molecule has 0 spiro atoms. The standard InChI is InChI=1S/C13H17ClFNO/c14-12-2-1-11(9-13(12)15)17-8-5-10-3-6-16-7-4-10/h1-2,9-10,16H,3-8H2. The van der Waals surface area contributed by atoms with Crippen LogP contribution in [0.25, 0.3) is 0 Å². The van der Waals surface area contributed by atoms with Crippen LogP contribution in [0.15, 0.2) is 18.2 Å². The van der Waals surface area contributed by atoms with E-state index in [9.17, 15) is 4.39 Å². The minimum Gasteiger partial charge on any atom is -0.493 e. The van der Waals surface area contributed by atoms with Crippen molar-refractivity contribution in [2.24, 2.45) is 5.92 Å². The number of ether oxygens (including phenoxy) is 1. The summed E-state index contributed by atoms with van der Waals surface area (Å²) in [5.41, 5.74) is 0. The van der Waals surface area contributed by atoms with Crippen LogP contribution in [0.4, 0.5) is 4.39 Å². The molecule has 0 saturated carbocycles. The van der Waals surface area contributed by atoms with Crippen molar-refractivity contribution in [2.75, 3.05) is 19.7 Å². The van der Waals surface area contributed by atoms with E-state index >= 15 is 0 Å². The first-order valence-corrected chi connectivity index (χ1v) is 6.42. The van der Waals surface area contributed by atoms with Crippen LogP contribution in [0, 0.1) is 11.7 Å². The quantitative estimate of drug-likeness (QED) is 0.894. The largest absolute Gasteiger partial charge is 0.493 e. The Morgan fingerprint density at radius 2 is 2.12 bits per heavy atom. The first kappa shape index (κ1) is 12.7. The molecule has 0 bridgehead atoms. The minimum atomic E-state index is -0.425. The Bertz CT molecular complexity index is 366. The predicted molar refractivity (Wildman–Crippen MR) is 67.1 cm³/mol. The number of halogens is 2. The molecule has 1 aliphatic rings. The van der Waals surface area contributed by atoms with Crippen LogP contribution >= 0.6 is 11.6 Å². The predicted octanol–water partition coefficient (Wildman–Crippen LogP) is 3.25. The second kappa shape index (κ2) is 6.22. The molecule has 2 nitrogen and oxygen atoms in total. The zero-order chi connectivity index (χ0) is 12.1. The number of nitrogens with one attached hydrogen (secondary N) is 1. The van der Waals surface area contributed by atoms with Crippen molar-refractivity contribution in [1.29, 1.82) is 0 Å². The number of benzene rings is 1. The molecule has 17 heavy (non-hydrogen) atoms. The molecule has 2 rings (SSSR count). The molecule has 0 aromatic heterocycles. The number of hydrogen-bond donors (Lipinski definition) is 1. The van der Waals surface area contributed by atoms with Crippen molar-refractivity contribution >= 4 is 11.6 Å². The van der Waals surface area contributed by atoms with Gasteiger partial charge in [0.15, 0.2) is 0 Å². The molecule has 4 heteroatoms. The summed E-state index contributed by atoms with van der Waals surface area (Å²) in [5.74, 6) is 0.861.